The van der Waals surface area contributed by atoms with E-state index in [-0.39, 0.29) is 0 Å². The molecule has 0 saturated carbocycles. The number of unbranched alkanes of at least 4 members (excludes halogenated alkanes) is 1. The Labute approximate surface area is 103 Å². The van der Waals surface area contributed by atoms with Crippen LogP contribution in [0, 0.1) is 0 Å². The summed E-state index contributed by atoms with van der Waals surface area (Å²) >= 11 is 0. The number of nitrogens with zero attached hydrogens (tertiary/aromatic N) is 1. The predicted molar refractivity (Wildman–Crippen MR) is 69.0 cm³/mol. The minimum Gasteiger partial charge on any atom is -0.480 e. The second-order valence-corrected chi connectivity index (χ2v) is 4.52. The lowest BCUT2D eigenvalue weighted by molar-refractivity contribution is -0.150. The molecule has 0 aromatic heterocycles. The van der Waals surface area contributed by atoms with Crippen LogP contribution in [-0.4, -0.2) is 29.6 Å². The standard InChI is InChI=1S/C14H21NO2/c1-4-5-11-15(3)14(2,13(16)17)12-9-7-6-8-10-12/h6-10H,4-5,11H2,1-3H3,(H,16,17). The molecule has 0 bridgehead atoms. The number of hydrogen-bond donors (Lipinski definition) is 1. The second kappa shape index (κ2) is 5.82. The molecule has 0 fully saturated rings. The number of aliphatic carboxylic acids is 1. The highest BCUT2D eigenvalue weighted by Gasteiger charge is 2.38. The molecular weight excluding hydrogens is 214 g/mol. The van der Waals surface area contributed by atoms with Crippen LogP contribution in [0.25, 0.3) is 0 Å². The Balaban J connectivity index is 3.01. The third kappa shape index (κ3) is 2.86. The number of carboxylic acids is 1. The van der Waals surface area contributed by atoms with Crippen molar-refractivity contribution < 1.29 is 9.90 Å². The fourth-order valence-corrected chi connectivity index (χ4v) is 1.89. The highest BCUT2D eigenvalue weighted by atomic mass is 16.4. The Kier molecular flexibility index (Phi) is 4.70. The molecule has 94 valence electrons. The van der Waals surface area contributed by atoms with E-state index in [1.54, 1.807) is 6.92 Å². The van der Waals surface area contributed by atoms with Crippen molar-refractivity contribution in [2.45, 2.75) is 32.2 Å². The summed E-state index contributed by atoms with van der Waals surface area (Å²) in [4.78, 5) is 13.5. The van der Waals surface area contributed by atoms with Crippen molar-refractivity contribution in [3.05, 3.63) is 35.9 Å². The van der Waals surface area contributed by atoms with Gasteiger partial charge in [0.1, 0.15) is 5.54 Å². The van der Waals surface area contributed by atoms with Gasteiger partial charge in [0, 0.05) is 0 Å². The summed E-state index contributed by atoms with van der Waals surface area (Å²) in [5.74, 6) is -0.803. The summed E-state index contributed by atoms with van der Waals surface area (Å²) in [7, 11) is 1.87. The summed E-state index contributed by atoms with van der Waals surface area (Å²) in [6.45, 7) is 4.66. The van der Waals surface area contributed by atoms with Crippen LogP contribution in [0.1, 0.15) is 32.3 Å². The van der Waals surface area contributed by atoms with Crippen LogP contribution in [0.3, 0.4) is 0 Å². The third-order valence-corrected chi connectivity index (χ3v) is 3.36. The molecule has 1 aromatic carbocycles. The Bertz CT molecular complexity index is 364. The van der Waals surface area contributed by atoms with Crippen molar-refractivity contribution in [2.24, 2.45) is 0 Å². The molecule has 0 aliphatic heterocycles. The first kappa shape index (κ1) is 13.7. The van der Waals surface area contributed by atoms with Crippen molar-refractivity contribution in [1.82, 2.24) is 4.90 Å². The molecule has 3 heteroatoms. The monoisotopic (exact) mass is 235 g/mol. The lowest BCUT2D eigenvalue weighted by Crippen LogP contribution is -2.48. The molecule has 0 radical (unpaired) electrons. The van der Waals surface area contributed by atoms with Crippen molar-refractivity contribution in [2.75, 3.05) is 13.6 Å². The maximum atomic E-state index is 11.6. The van der Waals surface area contributed by atoms with Gasteiger partial charge >= 0.3 is 5.97 Å². The van der Waals surface area contributed by atoms with Gasteiger partial charge in [0.05, 0.1) is 0 Å². The molecule has 1 aromatic rings. The fourth-order valence-electron chi connectivity index (χ4n) is 1.89. The summed E-state index contributed by atoms with van der Waals surface area (Å²) in [5.41, 5.74) is -0.123. The van der Waals surface area contributed by atoms with Crippen LogP contribution in [-0.2, 0) is 10.3 Å². The molecule has 1 unspecified atom stereocenters. The van der Waals surface area contributed by atoms with Gasteiger partial charge in [0.2, 0.25) is 0 Å². The molecule has 0 amide bonds. The minimum absolute atomic E-state index is 0.786. The average Bonchev–Trinajstić information content (AvgIpc) is 2.35. The minimum atomic E-state index is -0.948. The Morgan fingerprint density at radius 3 is 2.41 bits per heavy atom. The van der Waals surface area contributed by atoms with Crippen LogP contribution in [0.2, 0.25) is 0 Å². The van der Waals surface area contributed by atoms with Crippen molar-refractivity contribution in [3.8, 4) is 0 Å². The smallest absolute Gasteiger partial charge is 0.328 e. The van der Waals surface area contributed by atoms with Gasteiger partial charge in [-0.1, -0.05) is 43.7 Å². The highest BCUT2D eigenvalue weighted by molar-refractivity contribution is 5.80. The number of likely N-dealkylation sites (N-methyl/N-ethyl adjacent to an activating group) is 1. The number of hydrogen-bond acceptors (Lipinski definition) is 2. The quantitative estimate of drug-likeness (QED) is 0.824. The highest BCUT2D eigenvalue weighted by Crippen LogP contribution is 2.27. The molecule has 0 heterocycles. The molecule has 0 aliphatic carbocycles. The van der Waals surface area contributed by atoms with Crippen molar-refractivity contribution >= 4 is 5.97 Å². The molecular formula is C14H21NO2. The SMILES string of the molecule is CCCCN(C)C(C)(C(=O)O)c1ccccc1. The summed E-state index contributed by atoms with van der Waals surface area (Å²) < 4.78 is 0. The van der Waals surface area contributed by atoms with E-state index in [2.05, 4.69) is 6.92 Å². The lowest BCUT2D eigenvalue weighted by atomic mass is 9.90. The van der Waals surface area contributed by atoms with E-state index in [4.69, 9.17) is 0 Å². The first-order chi connectivity index (χ1) is 8.03. The van der Waals surface area contributed by atoms with Gasteiger partial charge in [-0.2, -0.15) is 0 Å². The zero-order valence-electron chi connectivity index (χ0n) is 10.8. The molecule has 1 rings (SSSR count). The molecule has 1 N–H and O–H groups in total. The van der Waals surface area contributed by atoms with E-state index in [1.165, 1.54) is 0 Å². The van der Waals surface area contributed by atoms with Gasteiger partial charge in [-0.3, -0.25) is 4.90 Å². The number of benzene rings is 1. The van der Waals surface area contributed by atoms with E-state index in [1.807, 2.05) is 42.3 Å². The Hall–Kier alpha value is -1.35. The zero-order valence-corrected chi connectivity index (χ0v) is 10.8. The van der Waals surface area contributed by atoms with Gasteiger partial charge < -0.3 is 5.11 Å². The van der Waals surface area contributed by atoms with Crippen LogP contribution in [0.15, 0.2) is 30.3 Å². The molecule has 0 saturated heterocycles. The lowest BCUT2D eigenvalue weighted by Gasteiger charge is -2.35. The average molecular weight is 235 g/mol. The maximum Gasteiger partial charge on any atom is 0.328 e. The summed E-state index contributed by atoms with van der Waals surface area (Å²) in [6, 6.07) is 9.40. The number of rotatable bonds is 6. The van der Waals surface area contributed by atoms with Crippen LogP contribution < -0.4 is 0 Å². The second-order valence-electron chi connectivity index (χ2n) is 4.52. The van der Waals surface area contributed by atoms with E-state index >= 15 is 0 Å². The number of carboxylic acid groups (broad SMARTS) is 1. The molecule has 1 atom stereocenters. The Morgan fingerprint density at radius 2 is 1.94 bits per heavy atom. The number of carbonyl (C=O) groups is 1. The first-order valence-corrected chi connectivity index (χ1v) is 6.03. The topological polar surface area (TPSA) is 40.5 Å². The fraction of sp³-hybridized carbons (Fsp3) is 0.500. The van der Waals surface area contributed by atoms with E-state index in [0.717, 1.165) is 24.9 Å². The van der Waals surface area contributed by atoms with Gasteiger partial charge in [0.25, 0.3) is 0 Å². The molecule has 0 aliphatic rings. The van der Waals surface area contributed by atoms with E-state index in [0.29, 0.717) is 0 Å². The van der Waals surface area contributed by atoms with Gasteiger partial charge in [-0.25, -0.2) is 4.79 Å². The summed E-state index contributed by atoms with van der Waals surface area (Å²) in [6.07, 6.45) is 2.07. The third-order valence-electron chi connectivity index (χ3n) is 3.36. The molecule has 17 heavy (non-hydrogen) atoms. The molecule has 3 nitrogen and oxygen atoms in total. The van der Waals surface area contributed by atoms with Crippen molar-refractivity contribution in [1.29, 1.82) is 0 Å². The van der Waals surface area contributed by atoms with Gasteiger partial charge in [-0.05, 0) is 32.5 Å². The van der Waals surface area contributed by atoms with Crippen LogP contribution in [0.5, 0.6) is 0 Å². The normalized spacial score (nSPS) is 14.6. The molecule has 0 spiro atoms. The first-order valence-electron chi connectivity index (χ1n) is 6.03. The van der Waals surface area contributed by atoms with E-state index in [9.17, 15) is 9.90 Å². The largest absolute Gasteiger partial charge is 0.480 e. The van der Waals surface area contributed by atoms with Gasteiger partial charge in [-0.15, -0.1) is 0 Å². The Morgan fingerprint density at radius 1 is 1.35 bits per heavy atom. The van der Waals surface area contributed by atoms with Gasteiger partial charge in [0.15, 0.2) is 0 Å². The predicted octanol–water partition coefficient (Wildman–Crippen LogP) is 2.72. The van der Waals surface area contributed by atoms with Crippen LogP contribution in [0.4, 0.5) is 0 Å². The summed E-state index contributed by atoms with van der Waals surface area (Å²) in [5, 5.41) is 9.51. The van der Waals surface area contributed by atoms with E-state index < -0.39 is 11.5 Å². The maximum absolute atomic E-state index is 11.6. The zero-order chi connectivity index (χ0) is 12.9. The van der Waals surface area contributed by atoms with Crippen molar-refractivity contribution in [3.63, 3.8) is 0 Å². The van der Waals surface area contributed by atoms with Crippen LogP contribution >= 0.6 is 0 Å².